The molecule has 0 aliphatic heterocycles. The summed E-state index contributed by atoms with van der Waals surface area (Å²) in [5.41, 5.74) is 1.54. The summed E-state index contributed by atoms with van der Waals surface area (Å²) < 4.78 is 21.1. The molecule has 0 atom stereocenters. The molecule has 0 fully saturated rings. The lowest BCUT2D eigenvalue weighted by molar-refractivity contribution is -0.132. The predicted octanol–water partition coefficient (Wildman–Crippen LogP) is 2.77. The van der Waals surface area contributed by atoms with E-state index in [0.29, 0.717) is 16.7 Å². The minimum absolute atomic E-state index is 0.0831. The van der Waals surface area contributed by atoms with Crippen LogP contribution in [0.2, 0.25) is 0 Å². The highest BCUT2D eigenvalue weighted by Crippen LogP contribution is 2.52. The fourth-order valence-electron chi connectivity index (χ4n) is 3.00. The van der Waals surface area contributed by atoms with E-state index in [0.717, 1.165) is 0 Å². The lowest BCUT2D eigenvalue weighted by Crippen LogP contribution is -2.07. The molecule has 1 aliphatic carbocycles. The molecule has 134 valence electrons. The molecule has 2 aromatic rings. The second-order valence-corrected chi connectivity index (χ2v) is 5.56. The zero-order valence-corrected chi connectivity index (χ0v) is 14.7. The van der Waals surface area contributed by atoms with Crippen molar-refractivity contribution in [1.82, 2.24) is 0 Å². The van der Waals surface area contributed by atoms with Gasteiger partial charge in [0.25, 0.3) is 0 Å². The standard InChI is InChI=1S/C19H16O7/c1-9(20)25-13-7-5-6-11-15-12(17(22)16(11)13)8-14(23-3)18(19(15)24-4)26-10(2)21/h5-8H,1-4H3. The number of hydrogen-bond acceptors (Lipinski definition) is 7. The molecule has 0 amide bonds. The zero-order valence-electron chi connectivity index (χ0n) is 14.7. The van der Waals surface area contributed by atoms with Gasteiger partial charge in [-0.05, 0) is 12.1 Å². The van der Waals surface area contributed by atoms with Gasteiger partial charge in [-0.25, -0.2) is 0 Å². The first-order valence-corrected chi connectivity index (χ1v) is 7.72. The quantitative estimate of drug-likeness (QED) is 0.524. The van der Waals surface area contributed by atoms with E-state index in [1.165, 1.54) is 34.1 Å². The van der Waals surface area contributed by atoms with Crippen molar-refractivity contribution in [2.45, 2.75) is 13.8 Å². The van der Waals surface area contributed by atoms with E-state index in [1.54, 1.807) is 18.2 Å². The van der Waals surface area contributed by atoms with Gasteiger partial charge in [0.05, 0.1) is 19.8 Å². The molecule has 7 heteroatoms. The number of benzene rings is 2. The molecule has 26 heavy (non-hydrogen) atoms. The molecular formula is C19H16O7. The van der Waals surface area contributed by atoms with Crippen LogP contribution in [0.5, 0.6) is 23.0 Å². The van der Waals surface area contributed by atoms with Gasteiger partial charge in [-0.15, -0.1) is 0 Å². The van der Waals surface area contributed by atoms with Crippen LogP contribution in [0.1, 0.15) is 29.8 Å². The lowest BCUT2D eigenvalue weighted by Gasteiger charge is -2.16. The molecule has 0 unspecified atom stereocenters. The fraction of sp³-hybridized carbons (Fsp3) is 0.211. The van der Waals surface area contributed by atoms with Crippen molar-refractivity contribution in [3.05, 3.63) is 35.4 Å². The van der Waals surface area contributed by atoms with Gasteiger partial charge in [-0.1, -0.05) is 12.1 Å². The molecule has 1 aliphatic rings. The maximum atomic E-state index is 12.9. The first-order valence-electron chi connectivity index (χ1n) is 7.72. The maximum absolute atomic E-state index is 12.9. The van der Waals surface area contributed by atoms with Crippen molar-refractivity contribution in [2.75, 3.05) is 14.2 Å². The lowest BCUT2D eigenvalue weighted by atomic mass is 10.0. The van der Waals surface area contributed by atoms with Crippen molar-refractivity contribution >= 4 is 17.7 Å². The summed E-state index contributed by atoms with van der Waals surface area (Å²) in [6, 6.07) is 6.39. The summed E-state index contributed by atoms with van der Waals surface area (Å²) in [5, 5.41) is 0. The number of hydrogen-bond donors (Lipinski definition) is 0. The molecule has 0 bridgehead atoms. The molecule has 2 aromatic carbocycles. The number of ketones is 1. The van der Waals surface area contributed by atoms with E-state index in [9.17, 15) is 14.4 Å². The summed E-state index contributed by atoms with van der Waals surface area (Å²) in [5.74, 6) is -0.802. The Bertz CT molecular complexity index is 943. The van der Waals surface area contributed by atoms with Crippen LogP contribution in [-0.2, 0) is 9.59 Å². The van der Waals surface area contributed by atoms with Crippen molar-refractivity contribution in [2.24, 2.45) is 0 Å². The topological polar surface area (TPSA) is 88.1 Å². The predicted molar refractivity (Wildman–Crippen MR) is 91.0 cm³/mol. The Hall–Kier alpha value is -3.35. The number of ether oxygens (including phenoxy) is 4. The Morgan fingerprint density at radius 3 is 2.08 bits per heavy atom. The Morgan fingerprint density at radius 2 is 1.50 bits per heavy atom. The van der Waals surface area contributed by atoms with Gasteiger partial charge in [-0.2, -0.15) is 0 Å². The molecular weight excluding hydrogens is 340 g/mol. The minimum Gasteiger partial charge on any atom is -0.493 e. The molecule has 0 saturated carbocycles. The van der Waals surface area contributed by atoms with E-state index < -0.39 is 11.9 Å². The first-order chi connectivity index (χ1) is 12.4. The zero-order chi connectivity index (χ0) is 19.0. The smallest absolute Gasteiger partial charge is 0.308 e. The third kappa shape index (κ3) is 2.67. The van der Waals surface area contributed by atoms with Crippen molar-refractivity contribution in [3.63, 3.8) is 0 Å². The highest BCUT2D eigenvalue weighted by Gasteiger charge is 2.36. The monoisotopic (exact) mass is 356 g/mol. The van der Waals surface area contributed by atoms with Crippen LogP contribution in [0.15, 0.2) is 24.3 Å². The minimum atomic E-state index is -0.556. The number of fused-ring (bicyclic) bond motifs is 3. The van der Waals surface area contributed by atoms with Crippen molar-refractivity contribution in [1.29, 1.82) is 0 Å². The van der Waals surface area contributed by atoms with Gasteiger partial charge in [0, 0.05) is 30.5 Å². The van der Waals surface area contributed by atoms with E-state index in [1.807, 2.05) is 0 Å². The second kappa shape index (κ2) is 6.51. The Labute approximate surface area is 149 Å². The van der Waals surface area contributed by atoms with Gasteiger partial charge in [0.2, 0.25) is 5.75 Å². The van der Waals surface area contributed by atoms with Crippen LogP contribution in [0.4, 0.5) is 0 Å². The highest BCUT2D eigenvalue weighted by molar-refractivity contribution is 6.24. The molecule has 0 radical (unpaired) electrons. The third-order valence-corrected chi connectivity index (χ3v) is 3.89. The summed E-state index contributed by atoms with van der Waals surface area (Å²) in [6.45, 7) is 2.51. The van der Waals surface area contributed by atoms with Gasteiger partial charge >= 0.3 is 11.9 Å². The van der Waals surface area contributed by atoms with Gasteiger partial charge in [-0.3, -0.25) is 14.4 Å². The molecule has 7 nitrogen and oxygen atoms in total. The van der Waals surface area contributed by atoms with Crippen LogP contribution in [-0.4, -0.2) is 31.9 Å². The average Bonchev–Trinajstić information content (AvgIpc) is 2.87. The number of methoxy groups -OCH3 is 2. The summed E-state index contributed by atoms with van der Waals surface area (Å²) >= 11 is 0. The van der Waals surface area contributed by atoms with Crippen LogP contribution in [0.25, 0.3) is 11.1 Å². The highest BCUT2D eigenvalue weighted by atomic mass is 16.6. The maximum Gasteiger partial charge on any atom is 0.308 e. The number of carbonyl (C=O) groups excluding carboxylic acids is 3. The molecule has 0 N–H and O–H groups in total. The summed E-state index contributed by atoms with van der Waals surface area (Å²) in [7, 11) is 2.80. The van der Waals surface area contributed by atoms with Crippen LogP contribution < -0.4 is 18.9 Å². The molecule has 0 saturated heterocycles. The largest absolute Gasteiger partial charge is 0.493 e. The molecule has 0 aromatic heterocycles. The van der Waals surface area contributed by atoms with E-state index in [4.69, 9.17) is 18.9 Å². The number of rotatable bonds is 4. The second-order valence-electron chi connectivity index (χ2n) is 5.56. The first kappa shape index (κ1) is 17.5. The third-order valence-electron chi connectivity index (χ3n) is 3.89. The van der Waals surface area contributed by atoms with Crippen molar-refractivity contribution < 1.29 is 33.3 Å². The normalized spacial score (nSPS) is 11.5. The Balaban J connectivity index is 2.32. The van der Waals surface area contributed by atoms with E-state index >= 15 is 0 Å². The number of esters is 2. The van der Waals surface area contributed by atoms with Gasteiger partial charge in [0.15, 0.2) is 17.3 Å². The van der Waals surface area contributed by atoms with E-state index in [2.05, 4.69) is 0 Å². The molecule has 3 rings (SSSR count). The van der Waals surface area contributed by atoms with Crippen LogP contribution in [0, 0.1) is 0 Å². The fourth-order valence-corrected chi connectivity index (χ4v) is 3.00. The average molecular weight is 356 g/mol. The number of carbonyl (C=O) groups is 3. The summed E-state index contributed by atoms with van der Waals surface area (Å²) in [4.78, 5) is 35.8. The van der Waals surface area contributed by atoms with Crippen LogP contribution >= 0.6 is 0 Å². The van der Waals surface area contributed by atoms with E-state index in [-0.39, 0.29) is 34.3 Å². The summed E-state index contributed by atoms with van der Waals surface area (Å²) in [6.07, 6.45) is 0. The molecule has 0 heterocycles. The van der Waals surface area contributed by atoms with Gasteiger partial charge in [0.1, 0.15) is 5.75 Å². The van der Waals surface area contributed by atoms with Crippen LogP contribution in [0.3, 0.4) is 0 Å². The SMILES string of the molecule is COc1cc2c(c(OC)c1OC(C)=O)-c1cccc(OC(C)=O)c1C2=O. The Kier molecular flexibility index (Phi) is 4.38. The van der Waals surface area contributed by atoms with Gasteiger partial charge < -0.3 is 18.9 Å². The Morgan fingerprint density at radius 1 is 0.808 bits per heavy atom. The molecule has 0 spiro atoms. The van der Waals surface area contributed by atoms with Crippen molar-refractivity contribution in [3.8, 4) is 34.1 Å².